The fourth-order valence-corrected chi connectivity index (χ4v) is 3.88. The lowest BCUT2D eigenvalue weighted by atomic mass is 10.1. The molecule has 0 spiro atoms. The van der Waals surface area contributed by atoms with Crippen molar-refractivity contribution < 1.29 is 5.11 Å². The van der Waals surface area contributed by atoms with E-state index in [0.29, 0.717) is 6.54 Å². The fourth-order valence-electron chi connectivity index (χ4n) is 3.88. The smallest absolute Gasteiger partial charge is 0.0845 e. The van der Waals surface area contributed by atoms with Crippen molar-refractivity contribution in [3.05, 3.63) is 35.0 Å². The number of hydrogen-bond acceptors (Lipinski definition) is 2. The molecule has 3 heteroatoms. The van der Waals surface area contributed by atoms with Crippen LogP contribution in [0.2, 0.25) is 0 Å². The van der Waals surface area contributed by atoms with Crippen LogP contribution in [-0.2, 0) is 6.54 Å². The lowest BCUT2D eigenvalue weighted by Gasteiger charge is -2.24. The molecule has 23 heavy (non-hydrogen) atoms. The molecule has 3 rings (SSSR count). The van der Waals surface area contributed by atoms with Crippen molar-refractivity contribution in [2.24, 2.45) is 0 Å². The Morgan fingerprint density at radius 1 is 1.00 bits per heavy atom. The Morgan fingerprint density at radius 3 is 2.39 bits per heavy atom. The molecule has 1 N–H and O–H groups in total. The number of aliphatic hydroxyl groups is 1. The van der Waals surface area contributed by atoms with Crippen LogP contribution in [0.1, 0.15) is 42.5 Å². The van der Waals surface area contributed by atoms with Gasteiger partial charge in [-0.1, -0.05) is 24.5 Å². The van der Waals surface area contributed by atoms with Crippen molar-refractivity contribution in [2.75, 3.05) is 19.6 Å². The van der Waals surface area contributed by atoms with Crippen LogP contribution in [-0.4, -0.2) is 40.3 Å². The van der Waals surface area contributed by atoms with E-state index >= 15 is 0 Å². The van der Waals surface area contributed by atoms with Crippen molar-refractivity contribution in [1.29, 1.82) is 0 Å². The maximum atomic E-state index is 10.6. The van der Waals surface area contributed by atoms with E-state index in [9.17, 15) is 5.11 Å². The van der Waals surface area contributed by atoms with Crippen molar-refractivity contribution in [2.45, 2.75) is 59.1 Å². The summed E-state index contributed by atoms with van der Waals surface area (Å²) in [6.45, 7) is 10.3. The Morgan fingerprint density at radius 2 is 1.70 bits per heavy atom. The SMILES string of the molecule is Cc1ccc2c(c1)c(C)c(C)n2C[C@H](O)CN1CCCCCC1. The highest BCUT2D eigenvalue weighted by Gasteiger charge is 2.17. The van der Waals surface area contributed by atoms with Gasteiger partial charge in [0.1, 0.15) is 0 Å². The molecule has 1 fully saturated rings. The van der Waals surface area contributed by atoms with E-state index in [1.165, 1.54) is 53.4 Å². The number of nitrogens with zero attached hydrogens (tertiary/aromatic N) is 2. The van der Waals surface area contributed by atoms with Gasteiger partial charge in [-0.3, -0.25) is 0 Å². The number of fused-ring (bicyclic) bond motifs is 1. The first kappa shape index (κ1) is 16.5. The Balaban J connectivity index is 1.76. The van der Waals surface area contributed by atoms with Gasteiger partial charge in [0.15, 0.2) is 0 Å². The van der Waals surface area contributed by atoms with Gasteiger partial charge in [-0.2, -0.15) is 0 Å². The quantitative estimate of drug-likeness (QED) is 0.929. The number of benzene rings is 1. The molecular formula is C20H30N2O. The summed E-state index contributed by atoms with van der Waals surface area (Å²) in [5, 5.41) is 12.0. The lowest BCUT2D eigenvalue weighted by Crippen LogP contribution is -2.35. The molecule has 1 saturated heterocycles. The molecule has 0 saturated carbocycles. The van der Waals surface area contributed by atoms with Crippen LogP contribution in [0.3, 0.4) is 0 Å². The van der Waals surface area contributed by atoms with Gasteiger partial charge in [0.05, 0.1) is 12.6 Å². The summed E-state index contributed by atoms with van der Waals surface area (Å²) in [6, 6.07) is 6.62. The maximum absolute atomic E-state index is 10.6. The summed E-state index contributed by atoms with van der Waals surface area (Å²) in [7, 11) is 0. The van der Waals surface area contributed by atoms with Gasteiger partial charge in [-0.15, -0.1) is 0 Å². The number of aliphatic hydroxyl groups excluding tert-OH is 1. The molecule has 1 aromatic heterocycles. The first-order valence-corrected chi connectivity index (χ1v) is 9.02. The standard InChI is InChI=1S/C20H30N2O/c1-15-8-9-20-19(12-15)16(2)17(3)22(20)14-18(23)13-21-10-6-4-5-7-11-21/h8-9,12,18,23H,4-7,10-11,13-14H2,1-3H3/t18-/m1/s1. The second-order valence-corrected chi connectivity index (χ2v) is 7.21. The molecule has 1 aliphatic heterocycles. The van der Waals surface area contributed by atoms with Gasteiger partial charge in [0.25, 0.3) is 0 Å². The zero-order valence-corrected chi connectivity index (χ0v) is 14.8. The average molecular weight is 314 g/mol. The Kier molecular flexibility index (Phi) is 5.08. The molecule has 1 aliphatic rings. The third-order valence-corrected chi connectivity index (χ3v) is 5.36. The number of aryl methyl sites for hydroxylation is 2. The predicted octanol–water partition coefficient (Wildman–Crippen LogP) is 3.80. The second-order valence-electron chi connectivity index (χ2n) is 7.21. The van der Waals surface area contributed by atoms with Crippen LogP contribution < -0.4 is 0 Å². The zero-order chi connectivity index (χ0) is 16.4. The normalized spacial score (nSPS) is 18.3. The fraction of sp³-hybridized carbons (Fsp3) is 0.600. The summed E-state index contributed by atoms with van der Waals surface area (Å²) >= 11 is 0. The molecule has 3 nitrogen and oxygen atoms in total. The molecule has 0 amide bonds. The van der Waals surface area contributed by atoms with E-state index in [1.807, 2.05) is 0 Å². The molecule has 2 heterocycles. The van der Waals surface area contributed by atoms with E-state index in [2.05, 4.69) is 48.4 Å². The van der Waals surface area contributed by atoms with Crippen LogP contribution in [0.5, 0.6) is 0 Å². The van der Waals surface area contributed by atoms with Crippen molar-refractivity contribution in [3.63, 3.8) is 0 Å². The van der Waals surface area contributed by atoms with E-state index in [0.717, 1.165) is 19.6 Å². The van der Waals surface area contributed by atoms with Gasteiger partial charge in [-0.05, 0) is 64.4 Å². The topological polar surface area (TPSA) is 28.4 Å². The monoisotopic (exact) mass is 314 g/mol. The average Bonchev–Trinajstić information content (AvgIpc) is 2.73. The number of rotatable bonds is 4. The van der Waals surface area contributed by atoms with Gasteiger partial charge >= 0.3 is 0 Å². The number of aromatic nitrogens is 1. The minimum absolute atomic E-state index is 0.303. The highest BCUT2D eigenvalue weighted by Crippen LogP contribution is 2.26. The van der Waals surface area contributed by atoms with Crippen molar-refractivity contribution in [3.8, 4) is 0 Å². The number of likely N-dealkylation sites (tertiary alicyclic amines) is 1. The summed E-state index contributed by atoms with van der Waals surface area (Å²) in [4.78, 5) is 2.44. The van der Waals surface area contributed by atoms with E-state index < -0.39 is 0 Å². The molecule has 1 atom stereocenters. The van der Waals surface area contributed by atoms with Gasteiger partial charge in [0.2, 0.25) is 0 Å². The molecule has 1 aromatic carbocycles. The third kappa shape index (κ3) is 3.61. The molecule has 0 unspecified atom stereocenters. The molecule has 0 radical (unpaired) electrons. The van der Waals surface area contributed by atoms with Gasteiger partial charge < -0.3 is 14.6 Å². The van der Waals surface area contributed by atoms with E-state index in [1.54, 1.807) is 0 Å². The minimum atomic E-state index is -0.303. The van der Waals surface area contributed by atoms with Gasteiger partial charge in [0, 0.05) is 23.1 Å². The minimum Gasteiger partial charge on any atom is -0.390 e. The van der Waals surface area contributed by atoms with Crippen LogP contribution in [0.4, 0.5) is 0 Å². The molecule has 0 aliphatic carbocycles. The van der Waals surface area contributed by atoms with E-state index in [4.69, 9.17) is 0 Å². The van der Waals surface area contributed by atoms with E-state index in [-0.39, 0.29) is 6.10 Å². The van der Waals surface area contributed by atoms with Crippen molar-refractivity contribution in [1.82, 2.24) is 9.47 Å². The summed E-state index contributed by atoms with van der Waals surface area (Å²) in [5.74, 6) is 0. The highest BCUT2D eigenvalue weighted by atomic mass is 16.3. The third-order valence-electron chi connectivity index (χ3n) is 5.36. The maximum Gasteiger partial charge on any atom is 0.0845 e. The summed E-state index contributed by atoms with van der Waals surface area (Å²) in [5.41, 5.74) is 5.16. The Hall–Kier alpha value is -1.32. The number of hydrogen-bond donors (Lipinski definition) is 1. The molecule has 0 bridgehead atoms. The largest absolute Gasteiger partial charge is 0.390 e. The summed E-state index contributed by atoms with van der Waals surface area (Å²) in [6.07, 6.45) is 4.93. The van der Waals surface area contributed by atoms with Gasteiger partial charge in [-0.25, -0.2) is 0 Å². The first-order valence-electron chi connectivity index (χ1n) is 9.02. The summed E-state index contributed by atoms with van der Waals surface area (Å²) < 4.78 is 2.30. The molecule has 126 valence electrons. The zero-order valence-electron chi connectivity index (χ0n) is 14.8. The Labute approximate surface area is 139 Å². The highest BCUT2D eigenvalue weighted by molar-refractivity contribution is 5.85. The van der Waals surface area contributed by atoms with Crippen LogP contribution in [0, 0.1) is 20.8 Å². The second kappa shape index (κ2) is 7.06. The lowest BCUT2D eigenvalue weighted by molar-refractivity contribution is 0.100. The molecular weight excluding hydrogens is 284 g/mol. The molecule has 2 aromatic rings. The van der Waals surface area contributed by atoms with Crippen LogP contribution >= 0.6 is 0 Å². The van der Waals surface area contributed by atoms with Crippen molar-refractivity contribution >= 4 is 10.9 Å². The Bertz CT molecular complexity index is 666. The number of β-amino-alcohol motifs (C(OH)–C–C–N with tert-alkyl or cyclic N) is 1. The van der Waals surface area contributed by atoms with Crippen LogP contribution in [0.25, 0.3) is 10.9 Å². The first-order chi connectivity index (χ1) is 11.1. The predicted molar refractivity (Wildman–Crippen MR) is 97.1 cm³/mol. The van der Waals surface area contributed by atoms with Crippen LogP contribution in [0.15, 0.2) is 18.2 Å².